The molecule has 2 aromatic carbocycles. The summed E-state index contributed by atoms with van der Waals surface area (Å²) in [6.07, 6.45) is 0. The van der Waals surface area contributed by atoms with Gasteiger partial charge in [0.25, 0.3) is 20.2 Å². The van der Waals surface area contributed by atoms with Gasteiger partial charge in [0.1, 0.15) is 5.69 Å². The van der Waals surface area contributed by atoms with E-state index in [4.69, 9.17) is 14.8 Å². The fraction of sp³-hybridized carbons (Fsp3) is 0.143. The summed E-state index contributed by atoms with van der Waals surface area (Å²) in [7, 11) is -8.81. The maximum absolute atomic E-state index is 11.3. The molecule has 0 saturated carbocycles. The van der Waals surface area contributed by atoms with Crippen LogP contribution in [-0.2, 0) is 20.2 Å². The van der Waals surface area contributed by atoms with E-state index in [1.807, 2.05) is 0 Å². The average molecular weight is 385 g/mol. The standard InChI is InChI=1S/C14H15N3O6S2/c1-8-3-4-10(6-13(8)24(18,19)20)16-17-12-5-9(2)14(7-11(12)15)25(21,22)23/h3-7H,15H2,1-2H3,(H,18,19,20)(H,21,22,23). The van der Waals surface area contributed by atoms with Crippen LogP contribution in [0.15, 0.2) is 50.4 Å². The number of hydrogen-bond acceptors (Lipinski definition) is 7. The molecule has 25 heavy (non-hydrogen) atoms. The fourth-order valence-corrected chi connectivity index (χ4v) is 3.58. The van der Waals surface area contributed by atoms with Crippen molar-refractivity contribution >= 4 is 37.3 Å². The highest BCUT2D eigenvalue weighted by molar-refractivity contribution is 7.86. The van der Waals surface area contributed by atoms with Gasteiger partial charge in [-0.05, 0) is 49.2 Å². The van der Waals surface area contributed by atoms with Gasteiger partial charge in [-0.1, -0.05) is 6.07 Å². The molecule has 0 atom stereocenters. The minimum Gasteiger partial charge on any atom is -0.397 e. The molecule has 0 spiro atoms. The number of nitrogens with two attached hydrogens (primary N) is 1. The van der Waals surface area contributed by atoms with Gasteiger partial charge in [-0.25, -0.2) is 0 Å². The van der Waals surface area contributed by atoms with Crippen molar-refractivity contribution in [1.29, 1.82) is 0 Å². The van der Waals surface area contributed by atoms with Crippen molar-refractivity contribution in [3.63, 3.8) is 0 Å². The number of nitrogens with zero attached hydrogens (tertiary/aromatic N) is 2. The second kappa shape index (κ2) is 6.52. The van der Waals surface area contributed by atoms with Gasteiger partial charge >= 0.3 is 0 Å². The van der Waals surface area contributed by atoms with Crippen LogP contribution in [0.25, 0.3) is 0 Å². The summed E-state index contributed by atoms with van der Waals surface area (Å²) in [6.45, 7) is 2.96. The first kappa shape index (κ1) is 19.0. The number of nitrogen functional groups attached to an aromatic ring is 1. The molecule has 0 unspecified atom stereocenters. The molecule has 134 valence electrons. The van der Waals surface area contributed by atoms with Gasteiger partial charge in [0.2, 0.25) is 0 Å². The first-order valence-electron chi connectivity index (χ1n) is 6.77. The Morgan fingerprint density at radius 1 is 0.840 bits per heavy atom. The zero-order valence-electron chi connectivity index (χ0n) is 13.2. The quantitative estimate of drug-likeness (QED) is 0.414. The van der Waals surface area contributed by atoms with Gasteiger partial charge < -0.3 is 5.73 Å². The van der Waals surface area contributed by atoms with Crippen LogP contribution >= 0.6 is 0 Å². The molecule has 0 aliphatic rings. The predicted octanol–water partition coefficient (Wildman–Crippen LogP) is 2.79. The second-order valence-electron chi connectivity index (χ2n) is 5.28. The van der Waals surface area contributed by atoms with Crippen LogP contribution in [-0.4, -0.2) is 25.9 Å². The number of rotatable bonds is 4. The molecule has 0 saturated heterocycles. The Balaban J connectivity index is 2.46. The molecular weight excluding hydrogens is 370 g/mol. The lowest BCUT2D eigenvalue weighted by atomic mass is 10.2. The fourth-order valence-electron chi connectivity index (χ4n) is 2.09. The van der Waals surface area contributed by atoms with Crippen LogP contribution in [0.5, 0.6) is 0 Å². The van der Waals surface area contributed by atoms with E-state index < -0.39 is 20.2 Å². The molecule has 0 aliphatic carbocycles. The van der Waals surface area contributed by atoms with Crippen molar-refractivity contribution in [2.24, 2.45) is 10.2 Å². The second-order valence-corrected chi connectivity index (χ2v) is 8.06. The number of aryl methyl sites for hydroxylation is 2. The number of azo groups is 1. The summed E-state index contributed by atoms with van der Waals surface area (Å²) in [5.74, 6) is 0. The van der Waals surface area contributed by atoms with Crippen LogP contribution in [0.4, 0.5) is 17.1 Å². The zero-order valence-corrected chi connectivity index (χ0v) is 14.8. The monoisotopic (exact) mass is 385 g/mol. The molecule has 0 aromatic heterocycles. The van der Waals surface area contributed by atoms with E-state index in [2.05, 4.69) is 10.2 Å². The smallest absolute Gasteiger partial charge is 0.294 e. The Morgan fingerprint density at radius 2 is 1.40 bits per heavy atom. The van der Waals surface area contributed by atoms with Crippen molar-refractivity contribution < 1.29 is 25.9 Å². The van der Waals surface area contributed by atoms with Crippen LogP contribution in [0.1, 0.15) is 11.1 Å². The molecule has 2 aromatic rings. The largest absolute Gasteiger partial charge is 0.397 e. The normalized spacial score (nSPS) is 12.6. The Hall–Kier alpha value is -2.34. The molecule has 2 rings (SSSR count). The molecule has 11 heteroatoms. The summed E-state index contributed by atoms with van der Waals surface area (Å²) in [5.41, 5.74) is 6.51. The average Bonchev–Trinajstić information content (AvgIpc) is 2.46. The number of anilines is 1. The highest BCUT2D eigenvalue weighted by Crippen LogP contribution is 2.30. The summed E-state index contributed by atoms with van der Waals surface area (Å²) < 4.78 is 63.3. The Labute approximate surface area is 144 Å². The van der Waals surface area contributed by atoms with E-state index in [1.54, 1.807) is 0 Å². The van der Waals surface area contributed by atoms with Gasteiger partial charge in [0, 0.05) is 0 Å². The first-order chi connectivity index (χ1) is 11.4. The van der Waals surface area contributed by atoms with Gasteiger partial charge in [0.15, 0.2) is 0 Å². The third kappa shape index (κ3) is 4.39. The van der Waals surface area contributed by atoms with E-state index in [0.717, 1.165) is 12.1 Å². The van der Waals surface area contributed by atoms with Gasteiger partial charge in [-0.3, -0.25) is 9.11 Å². The molecular formula is C14H15N3O6S2. The first-order valence-corrected chi connectivity index (χ1v) is 9.65. The predicted molar refractivity (Wildman–Crippen MR) is 90.6 cm³/mol. The summed E-state index contributed by atoms with van der Waals surface area (Å²) >= 11 is 0. The lowest BCUT2D eigenvalue weighted by Gasteiger charge is -2.06. The Kier molecular flexibility index (Phi) is 4.95. The number of benzene rings is 2. The molecule has 0 fully saturated rings. The molecule has 0 amide bonds. The van der Waals surface area contributed by atoms with Gasteiger partial charge in [-0.15, -0.1) is 5.11 Å². The van der Waals surface area contributed by atoms with Crippen molar-refractivity contribution in [1.82, 2.24) is 0 Å². The molecule has 0 radical (unpaired) electrons. The minimum absolute atomic E-state index is 0.0379. The maximum atomic E-state index is 11.3. The lowest BCUT2D eigenvalue weighted by Crippen LogP contribution is -2.02. The van der Waals surface area contributed by atoms with E-state index >= 15 is 0 Å². The lowest BCUT2D eigenvalue weighted by molar-refractivity contribution is 0.480. The van der Waals surface area contributed by atoms with Crippen LogP contribution in [0.3, 0.4) is 0 Å². The van der Waals surface area contributed by atoms with Crippen LogP contribution < -0.4 is 5.73 Å². The molecule has 4 N–H and O–H groups in total. The van der Waals surface area contributed by atoms with Crippen molar-refractivity contribution in [3.05, 3.63) is 41.5 Å². The summed E-state index contributed by atoms with van der Waals surface area (Å²) in [4.78, 5) is -0.636. The summed E-state index contributed by atoms with van der Waals surface area (Å²) in [6, 6.07) is 6.46. The van der Waals surface area contributed by atoms with Crippen molar-refractivity contribution in [2.75, 3.05) is 5.73 Å². The highest BCUT2D eigenvalue weighted by Gasteiger charge is 2.16. The summed E-state index contributed by atoms with van der Waals surface area (Å²) in [5, 5.41) is 7.70. The Bertz CT molecular complexity index is 1080. The van der Waals surface area contributed by atoms with E-state index in [0.29, 0.717) is 5.56 Å². The van der Waals surface area contributed by atoms with Crippen LogP contribution in [0.2, 0.25) is 0 Å². The maximum Gasteiger partial charge on any atom is 0.294 e. The number of hydrogen-bond donors (Lipinski definition) is 3. The van der Waals surface area contributed by atoms with E-state index in [9.17, 15) is 16.8 Å². The third-order valence-electron chi connectivity index (χ3n) is 3.32. The molecule has 0 bridgehead atoms. The van der Waals surface area contributed by atoms with Gasteiger partial charge in [-0.2, -0.15) is 21.9 Å². The van der Waals surface area contributed by atoms with Crippen molar-refractivity contribution in [3.8, 4) is 0 Å². The topological polar surface area (TPSA) is 159 Å². The van der Waals surface area contributed by atoms with Crippen molar-refractivity contribution in [2.45, 2.75) is 23.6 Å². The third-order valence-corrected chi connectivity index (χ3v) is 5.32. The molecule has 0 heterocycles. The van der Waals surface area contributed by atoms with Gasteiger partial charge in [0.05, 0.1) is 21.2 Å². The highest BCUT2D eigenvalue weighted by atomic mass is 32.2. The minimum atomic E-state index is -4.41. The van der Waals surface area contributed by atoms with E-state index in [-0.39, 0.29) is 32.4 Å². The molecule has 9 nitrogen and oxygen atoms in total. The Morgan fingerprint density at radius 3 is 1.96 bits per heavy atom. The zero-order chi connectivity index (χ0) is 19.0. The SMILES string of the molecule is Cc1ccc(N=Nc2cc(C)c(S(=O)(=O)O)cc2N)cc1S(=O)(=O)O. The molecule has 0 aliphatic heterocycles. The van der Waals surface area contributed by atoms with Crippen LogP contribution in [0, 0.1) is 13.8 Å². The van der Waals surface area contributed by atoms with E-state index in [1.165, 1.54) is 32.0 Å².